The fourth-order valence-electron chi connectivity index (χ4n) is 3.20. The minimum absolute atomic E-state index is 0.0212. The summed E-state index contributed by atoms with van der Waals surface area (Å²) in [6.07, 6.45) is -2.14. The van der Waals surface area contributed by atoms with Crippen LogP contribution in [-0.4, -0.2) is 26.8 Å². The second kappa shape index (κ2) is 7.97. The molecular weight excluding hydrogens is 401 g/mol. The van der Waals surface area contributed by atoms with Crippen molar-refractivity contribution < 1.29 is 22.9 Å². The summed E-state index contributed by atoms with van der Waals surface area (Å²) in [6, 6.07) is 7.30. The largest absolute Gasteiger partial charge is 0.415 e. The third kappa shape index (κ3) is 4.17. The summed E-state index contributed by atoms with van der Waals surface area (Å²) in [4.78, 5) is 22.9. The summed E-state index contributed by atoms with van der Waals surface area (Å²) in [7, 11) is 0. The second-order valence-corrected chi connectivity index (χ2v) is 6.66. The maximum atomic E-state index is 13.8. The lowest BCUT2D eigenvalue weighted by Crippen LogP contribution is -2.29. The van der Waals surface area contributed by atoms with E-state index in [1.54, 1.807) is 6.92 Å². The Bertz CT molecular complexity index is 1100. The minimum atomic E-state index is -4.62. The number of nitrogens with zero attached hydrogens (tertiary/aromatic N) is 3. The number of aryl methyl sites for hydroxylation is 1. The van der Waals surface area contributed by atoms with Gasteiger partial charge in [0.25, 0.3) is 11.6 Å². The van der Waals surface area contributed by atoms with Crippen molar-refractivity contribution in [2.24, 2.45) is 0 Å². The van der Waals surface area contributed by atoms with Crippen molar-refractivity contribution in [3.05, 3.63) is 87.2 Å². The van der Waals surface area contributed by atoms with Crippen molar-refractivity contribution in [1.29, 1.82) is 0 Å². The van der Waals surface area contributed by atoms with Gasteiger partial charge in [-0.3, -0.25) is 19.6 Å². The fourth-order valence-corrected chi connectivity index (χ4v) is 3.20. The quantitative estimate of drug-likeness (QED) is 0.476. The van der Waals surface area contributed by atoms with Crippen LogP contribution in [0, 0.1) is 24.0 Å². The zero-order chi connectivity index (χ0) is 22.1. The Labute approximate surface area is 169 Å². The van der Waals surface area contributed by atoms with Gasteiger partial charge in [-0.1, -0.05) is 18.2 Å². The molecule has 3 aromatic rings. The van der Waals surface area contributed by atoms with E-state index in [-0.39, 0.29) is 28.1 Å². The highest BCUT2D eigenvalue weighted by Crippen LogP contribution is 2.39. The van der Waals surface area contributed by atoms with Gasteiger partial charge in [-0.15, -0.1) is 0 Å². The van der Waals surface area contributed by atoms with Crippen LogP contribution in [0.3, 0.4) is 0 Å². The number of benzene rings is 2. The van der Waals surface area contributed by atoms with E-state index >= 15 is 0 Å². The number of carbonyl (C=O) groups excluding carboxylic acids is 1. The molecule has 1 unspecified atom stereocenters. The van der Waals surface area contributed by atoms with Crippen LogP contribution in [0.4, 0.5) is 24.5 Å². The maximum absolute atomic E-state index is 13.8. The van der Waals surface area contributed by atoms with Gasteiger partial charge in [-0.2, -0.15) is 18.3 Å². The summed E-state index contributed by atoms with van der Waals surface area (Å²) in [6.45, 7) is 3.13. The number of hydrogen-bond donors (Lipinski definition) is 1. The Morgan fingerprint density at radius 1 is 1.20 bits per heavy atom. The number of amides is 1. The normalized spacial score (nSPS) is 12.4. The van der Waals surface area contributed by atoms with Crippen LogP contribution in [0.25, 0.3) is 0 Å². The summed E-state index contributed by atoms with van der Waals surface area (Å²) in [5.41, 5.74) is 0.688. The van der Waals surface area contributed by atoms with Gasteiger partial charge in [-0.25, -0.2) is 0 Å². The number of alkyl halides is 3. The molecule has 2 aromatic carbocycles. The lowest BCUT2D eigenvalue weighted by Gasteiger charge is -2.25. The molecule has 1 amide bonds. The zero-order valence-corrected chi connectivity index (χ0v) is 16.0. The summed E-state index contributed by atoms with van der Waals surface area (Å²) < 4.78 is 42.3. The first kappa shape index (κ1) is 21.0. The van der Waals surface area contributed by atoms with Crippen molar-refractivity contribution >= 4 is 17.3 Å². The highest BCUT2D eigenvalue weighted by molar-refractivity contribution is 6.05. The molecule has 30 heavy (non-hydrogen) atoms. The van der Waals surface area contributed by atoms with Crippen LogP contribution < -0.4 is 5.32 Å². The molecule has 1 atom stereocenters. The summed E-state index contributed by atoms with van der Waals surface area (Å²) in [5.74, 6) is -0.662. The number of nitro benzene ring substituents is 1. The van der Waals surface area contributed by atoms with E-state index < -0.39 is 23.0 Å². The number of nitrogens with one attached hydrogen (secondary N) is 1. The molecule has 0 aliphatic carbocycles. The van der Waals surface area contributed by atoms with Gasteiger partial charge >= 0.3 is 6.18 Å². The Balaban J connectivity index is 2.02. The van der Waals surface area contributed by atoms with Crippen molar-refractivity contribution in [3.63, 3.8) is 0 Å². The number of anilines is 1. The maximum Gasteiger partial charge on any atom is 0.415 e. The second-order valence-electron chi connectivity index (χ2n) is 6.66. The van der Waals surface area contributed by atoms with Crippen molar-refractivity contribution in [3.8, 4) is 0 Å². The third-order valence-electron chi connectivity index (χ3n) is 4.67. The summed E-state index contributed by atoms with van der Waals surface area (Å²) in [5, 5.41) is 17.3. The summed E-state index contributed by atoms with van der Waals surface area (Å²) >= 11 is 0. The number of halogens is 3. The topological polar surface area (TPSA) is 90.1 Å². The first-order valence-corrected chi connectivity index (χ1v) is 8.81. The molecule has 0 saturated carbocycles. The zero-order valence-electron chi connectivity index (χ0n) is 16.0. The molecule has 0 aliphatic heterocycles. The number of hydrogen-bond acceptors (Lipinski definition) is 4. The van der Waals surface area contributed by atoms with Gasteiger partial charge in [0.1, 0.15) is 0 Å². The molecule has 10 heteroatoms. The number of carbonyl (C=O) groups is 1. The Morgan fingerprint density at radius 3 is 2.53 bits per heavy atom. The highest BCUT2D eigenvalue weighted by atomic mass is 19.4. The van der Waals surface area contributed by atoms with E-state index in [9.17, 15) is 28.1 Å². The van der Waals surface area contributed by atoms with Crippen LogP contribution in [0.1, 0.15) is 33.1 Å². The van der Waals surface area contributed by atoms with Gasteiger partial charge in [0, 0.05) is 35.8 Å². The molecule has 0 saturated heterocycles. The van der Waals surface area contributed by atoms with Gasteiger partial charge in [0.05, 0.1) is 4.92 Å². The van der Waals surface area contributed by atoms with E-state index in [0.29, 0.717) is 5.56 Å². The monoisotopic (exact) mass is 418 g/mol. The average Bonchev–Trinajstić information content (AvgIpc) is 3.20. The van der Waals surface area contributed by atoms with Gasteiger partial charge in [0.2, 0.25) is 0 Å². The molecule has 3 rings (SSSR count). The lowest BCUT2D eigenvalue weighted by molar-refractivity contribution is -0.384. The Morgan fingerprint density at radius 2 is 1.93 bits per heavy atom. The van der Waals surface area contributed by atoms with Gasteiger partial charge < -0.3 is 5.32 Å². The lowest BCUT2D eigenvalue weighted by atomic mass is 9.96. The highest BCUT2D eigenvalue weighted by Gasteiger charge is 2.43. The van der Waals surface area contributed by atoms with Crippen LogP contribution in [0.15, 0.2) is 54.9 Å². The molecule has 0 spiro atoms. The number of nitro groups is 1. The van der Waals surface area contributed by atoms with Crippen molar-refractivity contribution in [2.45, 2.75) is 26.1 Å². The molecular formula is C20H17F3N4O3. The van der Waals surface area contributed by atoms with Crippen LogP contribution in [0.5, 0.6) is 0 Å². The fraction of sp³-hybridized carbons (Fsp3) is 0.200. The van der Waals surface area contributed by atoms with E-state index in [2.05, 4.69) is 10.4 Å². The van der Waals surface area contributed by atoms with Gasteiger partial charge in [0.15, 0.2) is 6.04 Å². The standard InChI is InChI=1S/C20H17F3N4O3/c1-12-7-8-16(18(20(21,22)23)26-10-4-9-24-26)13(2)17(12)25-19(28)14-5-3-6-15(11-14)27(29)30/h3-11,18H,1-2H3,(H,25,28). The van der Waals surface area contributed by atoms with Crippen molar-refractivity contribution in [1.82, 2.24) is 9.78 Å². The average molecular weight is 418 g/mol. The van der Waals surface area contributed by atoms with Crippen LogP contribution in [0.2, 0.25) is 0 Å². The number of aromatic nitrogens is 2. The van der Waals surface area contributed by atoms with Crippen LogP contribution >= 0.6 is 0 Å². The minimum Gasteiger partial charge on any atom is -0.321 e. The van der Waals surface area contributed by atoms with Crippen molar-refractivity contribution in [2.75, 3.05) is 5.32 Å². The molecule has 1 N–H and O–H groups in total. The van der Waals surface area contributed by atoms with E-state index in [0.717, 1.165) is 10.7 Å². The predicted molar refractivity (Wildman–Crippen MR) is 103 cm³/mol. The first-order valence-electron chi connectivity index (χ1n) is 8.81. The van der Waals surface area contributed by atoms with E-state index in [1.165, 1.54) is 55.7 Å². The molecule has 7 nitrogen and oxygen atoms in total. The molecule has 0 radical (unpaired) electrons. The molecule has 0 bridgehead atoms. The Hall–Kier alpha value is -3.69. The molecule has 1 aromatic heterocycles. The molecule has 0 aliphatic rings. The SMILES string of the molecule is Cc1ccc(C(n2cccn2)C(F)(F)F)c(C)c1NC(=O)c1cccc([N+](=O)[O-])c1. The Kier molecular flexibility index (Phi) is 5.59. The smallest absolute Gasteiger partial charge is 0.321 e. The van der Waals surface area contributed by atoms with Gasteiger partial charge in [-0.05, 0) is 42.7 Å². The molecule has 156 valence electrons. The first-order chi connectivity index (χ1) is 14.1. The number of non-ortho nitro benzene ring substituents is 1. The number of rotatable bonds is 5. The van der Waals surface area contributed by atoms with E-state index in [1.807, 2.05) is 0 Å². The van der Waals surface area contributed by atoms with E-state index in [4.69, 9.17) is 0 Å². The predicted octanol–water partition coefficient (Wildman–Crippen LogP) is 4.81. The molecule has 1 heterocycles. The third-order valence-corrected chi connectivity index (χ3v) is 4.67. The van der Waals surface area contributed by atoms with Crippen LogP contribution in [-0.2, 0) is 0 Å². The molecule has 0 fully saturated rings.